The van der Waals surface area contributed by atoms with Crippen LogP contribution in [0.4, 0.5) is 16.2 Å². The van der Waals surface area contributed by atoms with Gasteiger partial charge in [-0.1, -0.05) is 66.6 Å². The number of benzene rings is 3. The molecule has 1 amide bonds. The molecule has 0 fully saturated rings. The van der Waals surface area contributed by atoms with Crippen LogP contribution >= 0.6 is 0 Å². The molecular formula is C34H41N5O3. The molecular weight excluding hydrogens is 526 g/mol. The van der Waals surface area contributed by atoms with Crippen LogP contribution in [0.2, 0.25) is 0 Å². The third-order valence-corrected chi connectivity index (χ3v) is 6.35. The minimum Gasteiger partial charge on any atom is -0.495 e. The molecule has 0 aromatic heterocycles. The zero-order valence-electron chi connectivity index (χ0n) is 25.3. The summed E-state index contributed by atoms with van der Waals surface area (Å²) in [5.41, 5.74) is 10.9. The number of terminal acetylenes is 1. The van der Waals surface area contributed by atoms with Crippen LogP contribution in [0.3, 0.4) is 0 Å². The summed E-state index contributed by atoms with van der Waals surface area (Å²) in [5, 5.41) is 3.32. The first-order valence-corrected chi connectivity index (χ1v) is 13.7. The van der Waals surface area contributed by atoms with E-state index < -0.39 is 11.7 Å². The van der Waals surface area contributed by atoms with Crippen molar-refractivity contribution in [3.8, 4) is 18.1 Å². The summed E-state index contributed by atoms with van der Waals surface area (Å²) in [6, 6.07) is 25.8. The molecule has 3 rings (SSSR count). The van der Waals surface area contributed by atoms with E-state index in [2.05, 4.69) is 45.4 Å². The summed E-state index contributed by atoms with van der Waals surface area (Å²) < 4.78 is 11.1. The largest absolute Gasteiger partial charge is 0.495 e. The highest BCUT2D eigenvalue weighted by Gasteiger charge is 2.23. The van der Waals surface area contributed by atoms with Gasteiger partial charge >= 0.3 is 6.09 Å². The van der Waals surface area contributed by atoms with Crippen LogP contribution < -0.4 is 20.7 Å². The second kappa shape index (κ2) is 14.6. The van der Waals surface area contributed by atoms with E-state index in [1.807, 2.05) is 70.2 Å². The number of hydrogen-bond donors (Lipinski definition) is 2. The van der Waals surface area contributed by atoms with Crippen molar-refractivity contribution >= 4 is 23.3 Å². The Morgan fingerprint density at radius 3 is 2.07 bits per heavy atom. The number of amidine groups is 1. The Morgan fingerprint density at radius 1 is 1.00 bits per heavy atom. The second-order valence-corrected chi connectivity index (χ2v) is 10.7. The third-order valence-electron chi connectivity index (χ3n) is 6.35. The van der Waals surface area contributed by atoms with Crippen LogP contribution in [-0.4, -0.2) is 43.1 Å². The zero-order valence-corrected chi connectivity index (χ0v) is 25.3. The number of hydrogen-bond acceptors (Lipinski definition) is 6. The first kappa shape index (κ1) is 31.6. The fraction of sp³-hybridized carbons (Fsp3) is 0.294. The summed E-state index contributed by atoms with van der Waals surface area (Å²) >= 11 is 0. The normalized spacial score (nSPS) is 12.1. The summed E-state index contributed by atoms with van der Waals surface area (Å²) in [7, 11) is 3.18. The molecule has 0 saturated carbocycles. The van der Waals surface area contributed by atoms with Crippen LogP contribution in [0.25, 0.3) is 0 Å². The van der Waals surface area contributed by atoms with E-state index in [1.165, 1.54) is 4.90 Å². The van der Waals surface area contributed by atoms with Crippen LogP contribution in [0.5, 0.6) is 5.75 Å². The lowest BCUT2D eigenvalue weighted by Gasteiger charge is -2.28. The van der Waals surface area contributed by atoms with Crippen molar-refractivity contribution < 1.29 is 14.3 Å². The molecule has 0 unspecified atom stereocenters. The average Bonchev–Trinajstić information content (AvgIpc) is 2.98. The van der Waals surface area contributed by atoms with Crippen molar-refractivity contribution in [2.24, 2.45) is 10.7 Å². The van der Waals surface area contributed by atoms with E-state index in [-0.39, 0.29) is 6.54 Å². The van der Waals surface area contributed by atoms with Gasteiger partial charge < -0.3 is 25.4 Å². The first-order valence-electron chi connectivity index (χ1n) is 13.7. The molecule has 0 bridgehead atoms. The average molecular weight is 568 g/mol. The van der Waals surface area contributed by atoms with Crippen LogP contribution in [0.15, 0.2) is 95.2 Å². The van der Waals surface area contributed by atoms with Gasteiger partial charge in [0.1, 0.15) is 17.9 Å². The maximum atomic E-state index is 12.8. The highest BCUT2D eigenvalue weighted by atomic mass is 16.6. The smallest absolute Gasteiger partial charge is 0.414 e. The highest BCUT2D eigenvalue weighted by molar-refractivity contribution is 6.08. The van der Waals surface area contributed by atoms with Gasteiger partial charge in [-0.2, -0.15) is 0 Å². The number of rotatable bonds is 10. The Balaban J connectivity index is 1.98. The predicted octanol–water partition coefficient (Wildman–Crippen LogP) is 6.40. The number of methoxy groups -OCH3 is 1. The van der Waals surface area contributed by atoms with Crippen LogP contribution in [0.1, 0.15) is 38.8 Å². The van der Waals surface area contributed by atoms with Crippen molar-refractivity contribution in [3.63, 3.8) is 0 Å². The molecule has 0 aliphatic carbocycles. The molecule has 0 spiro atoms. The van der Waals surface area contributed by atoms with Gasteiger partial charge in [-0.25, -0.2) is 4.79 Å². The van der Waals surface area contributed by atoms with Crippen molar-refractivity contribution in [1.29, 1.82) is 0 Å². The fourth-order valence-electron chi connectivity index (χ4n) is 4.15. The Bertz CT molecular complexity index is 1400. The number of carbonyl (C=O) groups is 1. The quantitative estimate of drug-likeness (QED) is 0.167. The molecule has 220 valence electrons. The molecule has 0 atom stereocenters. The minimum atomic E-state index is -0.647. The molecule has 3 aromatic rings. The monoisotopic (exact) mass is 567 g/mol. The molecule has 0 radical (unpaired) electrons. The number of carbonyl (C=O) groups excluding carboxylic acids is 1. The van der Waals surface area contributed by atoms with Crippen molar-refractivity contribution in [3.05, 3.63) is 101 Å². The number of nitrogens with one attached hydrogen (secondary N) is 1. The van der Waals surface area contributed by atoms with Crippen molar-refractivity contribution in [2.45, 2.75) is 46.4 Å². The maximum Gasteiger partial charge on any atom is 0.414 e. The lowest BCUT2D eigenvalue weighted by molar-refractivity contribution is 0.0588. The van der Waals surface area contributed by atoms with E-state index in [0.717, 1.165) is 16.8 Å². The lowest BCUT2D eigenvalue weighted by atomic mass is 10.1. The maximum absolute atomic E-state index is 12.8. The number of nitrogens with two attached hydrogens (primary N) is 1. The molecule has 8 nitrogen and oxygen atoms in total. The molecule has 0 saturated heterocycles. The molecule has 0 aliphatic heterocycles. The molecule has 3 aromatic carbocycles. The van der Waals surface area contributed by atoms with Gasteiger partial charge in [0.05, 0.1) is 18.5 Å². The van der Waals surface area contributed by atoms with Gasteiger partial charge in [0.25, 0.3) is 0 Å². The van der Waals surface area contributed by atoms with Crippen molar-refractivity contribution in [2.75, 3.05) is 30.9 Å². The Kier molecular flexibility index (Phi) is 11.0. The molecule has 0 aliphatic rings. The molecule has 42 heavy (non-hydrogen) atoms. The third kappa shape index (κ3) is 9.07. The van der Waals surface area contributed by atoms with E-state index in [1.54, 1.807) is 26.3 Å². The molecule has 8 heteroatoms. The Labute approximate surface area is 249 Å². The number of aliphatic imine (C=N–C) groups is 1. The van der Waals surface area contributed by atoms with Gasteiger partial charge in [-0.3, -0.25) is 9.89 Å². The lowest BCUT2D eigenvalue weighted by Crippen LogP contribution is -2.34. The number of ether oxygens (including phenoxy) is 2. The van der Waals surface area contributed by atoms with Crippen LogP contribution in [0, 0.1) is 12.3 Å². The number of allylic oxidation sites excluding steroid dienone is 1. The number of anilines is 2. The van der Waals surface area contributed by atoms with Gasteiger partial charge in [-0.05, 0) is 57.0 Å². The molecule has 3 N–H and O–H groups in total. The fourth-order valence-corrected chi connectivity index (χ4v) is 4.15. The van der Waals surface area contributed by atoms with Crippen LogP contribution in [-0.2, 0) is 17.8 Å². The van der Waals surface area contributed by atoms with Gasteiger partial charge in [0.2, 0.25) is 0 Å². The molecule has 0 heterocycles. The first-order chi connectivity index (χ1) is 20.0. The Hall–Kier alpha value is -4.90. The van der Waals surface area contributed by atoms with E-state index in [4.69, 9.17) is 21.6 Å². The second-order valence-electron chi connectivity index (χ2n) is 10.7. The SMILES string of the molecule is C#CCN=C(Nc1ccc(OC)c(N(C)C(=O)OC(C)(C)C)c1)/C(N)=C(\C)N(Cc1ccccc1)Cc1ccccc1. The van der Waals surface area contributed by atoms with Gasteiger partial charge in [-0.15, -0.1) is 6.42 Å². The topological polar surface area (TPSA) is 92.4 Å². The van der Waals surface area contributed by atoms with Crippen molar-refractivity contribution in [1.82, 2.24) is 4.90 Å². The van der Waals surface area contributed by atoms with E-state index in [0.29, 0.717) is 41.7 Å². The number of nitrogens with zero attached hydrogens (tertiary/aromatic N) is 3. The summed E-state index contributed by atoms with van der Waals surface area (Å²) in [6.45, 7) is 8.87. The number of amides is 1. The van der Waals surface area contributed by atoms with Gasteiger partial charge in [0, 0.05) is 31.5 Å². The predicted molar refractivity (Wildman–Crippen MR) is 171 cm³/mol. The summed E-state index contributed by atoms with van der Waals surface area (Å²) in [5.74, 6) is 3.49. The summed E-state index contributed by atoms with van der Waals surface area (Å²) in [4.78, 5) is 21.0. The summed E-state index contributed by atoms with van der Waals surface area (Å²) in [6.07, 6.45) is 5.06. The van der Waals surface area contributed by atoms with E-state index >= 15 is 0 Å². The highest BCUT2D eigenvalue weighted by Crippen LogP contribution is 2.32. The van der Waals surface area contributed by atoms with E-state index in [9.17, 15) is 4.79 Å². The minimum absolute atomic E-state index is 0.133. The van der Waals surface area contributed by atoms with Gasteiger partial charge in [0.15, 0.2) is 5.84 Å². The zero-order chi connectivity index (χ0) is 30.7. The Morgan fingerprint density at radius 2 is 1.57 bits per heavy atom. The standard InChI is InChI=1S/C34H41N5O3/c1-8-21-36-32(37-28-19-20-30(41-7)29(22-28)38(6)33(40)42-34(3,4)5)31(35)25(2)39(23-26-15-11-9-12-16-26)24-27-17-13-10-14-18-27/h1,9-20,22H,21,23-24,35H2,2-7H3,(H,36,37)/b31-25-.